The molecule has 0 amide bonds. The second-order valence-corrected chi connectivity index (χ2v) is 13.4. The van der Waals surface area contributed by atoms with E-state index in [0.29, 0.717) is 0 Å². The van der Waals surface area contributed by atoms with Crippen LogP contribution in [0.5, 0.6) is 23.0 Å². The predicted molar refractivity (Wildman–Crippen MR) is 182 cm³/mol. The van der Waals surface area contributed by atoms with Crippen LogP contribution in [0.1, 0.15) is 49.9 Å². The minimum absolute atomic E-state index is 0.169. The van der Waals surface area contributed by atoms with Gasteiger partial charge in [-0.25, -0.2) is 0 Å². The van der Waals surface area contributed by atoms with Gasteiger partial charge in [0.15, 0.2) is 0 Å². The maximum atomic E-state index is 6.32. The minimum Gasteiger partial charge on any atom is -0.457 e. The fourth-order valence-corrected chi connectivity index (χ4v) is 7.38. The van der Waals surface area contributed by atoms with Crippen LogP contribution in [0, 0.1) is 0 Å². The lowest BCUT2D eigenvalue weighted by molar-refractivity contribution is 0.418. The smallest absolute Gasteiger partial charge is 0.135 e. The molecule has 0 saturated heterocycles. The topological polar surface area (TPSA) is 31.6 Å². The van der Waals surface area contributed by atoms with E-state index in [1.165, 1.54) is 22.3 Å². The van der Waals surface area contributed by atoms with Gasteiger partial charge in [0, 0.05) is 43.9 Å². The highest BCUT2D eigenvalue weighted by Crippen LogP contribution is 2.50. The van der Waals surface area contributed by atoms with Crippen molar-refractivity contribution in [3.8, 4) is 45.3 Å². The van der Waals surface area contributed by atoms with Gasteiger partial charge in [0.25, 0.3) is 0 Å². The van der Waals surface area contributed by atoms with E-state index in [1.807, 2.05) is 12.1 Å². The standard InChI is InChI=1S/C42H32O3/c1-41(2)31-9-5-7-11-37(31)44-39-19-15-27(23-33(39)41)25-13-17-35-29(21-25)30-22-26(14-18-36(30)43-35)28-16-20-40-34(24-28)42(3,4)32-10-6-8-12-38(32)45-40/h5-24H,1-4H3. The summed E-state index contributed by atoms with van der Waals surface area (Å²) in [6, 6.07) is 42.8. The third-order valence-electron chi connectivity index (χ3n) is 10.0. The number of fused-ring (bicyclic) bond motifs is 7. The van der Waals surface area contributed by atoms with Crippen molar-refractivity contribution in [2.45, 2.75) is 38.5 Å². The number of hydrogen-bond acceptors (Lipinski definition) is 3. The predicted octanol–water partition coefficient (Wildman–Crippen LogP) is 11.8. The van der Waals surface area contributed by atoms with Crippen molar-refractivity contribution >= 4 is 21.9 Å². The molecule has 0 fully saturated rings. The minimum atomic E-state index is -0.169. The van der Waals surface area contributed by atoms with Gasteiger partial charge in [0.1, 0.15) is 34.2 Å². The molecule has 9 rings (SSSR count). The molecule has 0 saturated carbocycles. The molecule has 0 bridgehead atoms. The van der Waals surface area contributed by atoms with Crippen molar-refractivity contribution in [2.75, 3.05) is 0 Å². The maximum Gasteiger partial charge on any atom is 0.135 e. The highest BCUT2D eigenvalue weighted by molar-refractivity contribution is 6.07. The van der Waals surface area contributed by atoms with Crippen LogP contribution < -0.4 is 9.47 Å². The number of hydrogen-bond donors (Lipinski definition) is 0. The fraction of sp³-hybridized carbons (Fsp3) is 0.143. The summed E-state index contributed by atoms with van der Waals surface area (Å²) in [6.07, 6.45) is 0. The van der Waals surface area contributed by atoms with E-state index >= 15 is 0 Å². The summed E-state index contributed by atoms with van der Waals surface area (Å²) in [6.45, 7) is 9.10. The Morgan fingerprint density at radius 3 is 1.22 bits per heavy atom. The summed E-state index contributed by atoms with van der Waals surface area (Å²) < 4.78 is 19.0. The molecule has 218 valence electrons. The molecule has 3 heterocycles. The van der Waals surface area contributed by atoms with Crippen molar-refractivity contribution in [3.05, 3.63) is 144 Å². The molecule has 0 aliphatic carbocycles. The summed E-state index contributed by atoms with van der Waals surface area (Å²) >= 11 is 0. The van der Waals surface area contributed by atoms with Crippen LogP contribution in [0.4, 0.5) is 0 Å². The Hall–Kier alpha value is -5.28. The number of para-hydroxylation sites is 2. The summed E-state index contributed by atoms with van der Waals surface area (Å²) in [5.74, 6) is 3.71. The van der Waals surface area contributed by atoms with Gasteiger partial charge < -0.3 is 13.9 Å². The van der Waals surface area contributed by atoms with E-state index in [4.69, 9.17) is 13.9 Å². The largest absolute Gasteiger partial charge is 0.457 e. The lowest BCUT2D eigenvalue weighted by Crippen LogP contribution is -2.24. The summed E-state index contributed by atoms with van der Waals surface area (Å²) in [5.41, 5.74) is 10.9. The van der Waals surface area contributed by atoms with Crippen molar-refractivity contribution in [3.63, 3.8) is 0 Å². The molecule has 7 aromatic rings. The summed E-state index contributed by atoms with van der Waals surface area (Å²) in [4.78, 5) is 0. The quantitative estimate of drug-likeness (QED) is 0.203. The zero-order valence-electron chi connectivity index (χ0n) is 25.8. The van der Waals surface area contributed by atoms with Crippen molar-refractivity contribution in [1.82, 2.24) is 0 Å². The van der Waals surface area contributed by atoms with E-state index < -0.39 is 0 Å². The van der Waals surface area contributed by atoms with E-state index in [1.54, 1.807) is 0 Å². The summed E-state index contributed by atoms with van der Waals surface area (Å²) in [5, 5.41) is 2.22. The molecular weight excluding hydrogens is 552 g/mol. The molecule has 2 aliphatic rings. The maximum absolute atomic E-state index is 6.32. The number of ether oxygens (including phenoxy) is 2. The molecule has 0 N–H and O–H groups in total. The van der Waals surface area contributed by atoms with Crippen LogP contribution in [-0.4, -0.2) is 0 Å². The van der Waals surface area contributed by atoms with E-state index in [-0.39, 0.29) is 10.8 Å². The molecule has 3 heteroatoms. The van der Waals surface area contributed by atoms with E-state index in [2.05, 4.69) is 137 Å². The van der Waals surface area contributed by atoms with Crippen molar-refractivity contribution in [1.29, 1.82) is 0 Å². The number of furan rings is 1. The zero-order valence-corrected chi connectivity index (χ0v) is 25.8. The SMILES string of the molecule is CC1(C)c2ccccc2Oc2ccc(-c3ccc4oc5ccc(-c6ccc7c(c6)C(C)(C)c6ccccc6O7)cc5c4c3)cc21. The van der Waals surface area contributed by atoms with Crippen LogP contribution in [0.2, 0.25) is 0 Å². The molecule has 0 atom stereocenters. The van der Waals surface area contributed by atoms with E-state index in [0.717, 1.165) is 67.2 Å². The normalized spacial score (nSPS) is 15.4. The van der Waals surface area contributed by atoms with Gasteiger partial charge >= 0.3 is 0 Å². The molecule has 45 heavy (non-hydrogen) atoms. The van der Waals surface area contributed by atoms with Gasteiger partial charge in [-0.3, -0.25) is 0 Å². The average molecular weight is 585 g/mol. The van der Waals surface area contributed by atoms with Crippen LogP contribution in [0.25, 0.3) is 44.2 Å². The van der Waals surface area contributed by atoms with Crippen molar-refractivity contribution < 1.29 is 13.9 Å². The number of rotatable bonds is 2. The Balaban J connectivity index is 1.13. The molecule has 2 aliphatic heterocycles. The van der Waals surface area contributed by atoms with Gasteiger partial charge in [-0.15, -0.1) is 0 Å². The first kappa shape index (κ1) is 26.2. The van der Waals surface area contributed by atoms with Gasteiger partial charge in [-0.05, 0) is 82.9 Å². The van der Waals surface area contributed by atoms with E-state index in [9.17, 15) is 0 Å². The fourth-order valence-electron chi connectivity index (χ4n) is 7.38. The monoisotopic (exact) mass is 584 g/mol. The van der Waals surface area contributed by atoms with Crippen molar-refractivity contribution in [2.24, 2.45) is 0 Å². The summed E-state index contributed by atoms with van der Waals surface area (Å²) in [7, 11) is 0. The third kappa shape index (κ3) is 3.83. The van der Waals surface area contributed by atoms with Gasteiger partial charge in [0.05, 0.1) is 0 Å². The Bertz CT molecular complexity index is 2170. The first-order chi connectivity index (χ1) is 21.8. The molecule has 1 aromatic heterocycles. The Morgan fingerprint density at radius 2 is 0.756 bits per heavy atom. The molecule has 3 nitrogen and oxygen atoms in total. The highest BCUT2D eigenvalue weighted by Gasteiger charge is 2.35. The van der Waals surface area contributed by atoms with Crippen LogP contribution >= 0.6 is 0 Å². The molecular formula is C42H32O3. The first-order valence-corrected chi connectivity index (χ1v) is 15.6. The Kier molecular flexibility index (Phi) is 5.30. The van der Waals surface area contributed by atoms with Crippen LogP contribution in [-0.2, 0) is 10.8 Å². The second-order valence-electron chi connectivity index (χ2n) is 13.4. The number of benzene rings is 6. The third-order valence-corrected chi connectivity index (χ3v) is 10.0. The first-order valence-electron chi connectivity index (χ1n) is 15.6. The lowest BCUT2D eigenvalue weighted by Gasteiger charge is -2.34. The van der Waals surface area contributed by atoms with Crippen LogP contribution in [0.3, 0.4) is 0 Å². The zero-order chi connectivity index (χ0) is 30.5. The van der Waals surface area contributed by atoms with Gasteiger partial charge in [-0.2, -0.15) is 0 Å². The lowest BCUT2D eigenvalue weighted by atomic mass is 9.75. The van der Waals surface area contributed by atoms with Gasteiger partial charge in [0.2, 0.25) is 0 Å². The highest BCUT2D eigenvalue weighted by atomic mass is 16.5. The second kappa shape index (κ2) is 9.12. The Morgan fingerprint density at radius 1 is 0.378 bits per heavy atom. The molecule has 6 aromatic carbocycles. The van der Waals surface area contributed by atoms with Gasteiger partial charge in [-0.1, -0.05) is 88.4 Å². The molecule has 0 unspecified atom stereocenters. The average Bonchev–Trinajstić information content (AvgIpc) is 3.42. The van der Waals surface area contributed by atoms with Crippen LogP contribution in [0.15, 0.2) is 126 Å². The Labute approximate surface area is 262 Å². The molecule has 0 spiro atoms. The molecule has 0 radical (unpaired) electrons.